The molecule has 0 bridgehead atoms. The molecule has 2 aliphatic rings. The number of rotatable bonds is 6. The van der Waals surface area contributed by atoms with Crippen molar-refractivity contribution in [2.45, 2.75) is 43.9 Å². The third-order valence-electron chi connectivity index (χ3n) is 4.91. The summed E-state index contributed by atoms with van der Waals surface area (Å²) < 4.78 is 5.43. The predicted octanol–water partition coefficient (Wildman–Crippen LogP) is 3.22. The minimum Gasteiger partial charge on any atom is -0.497 e. The molecule has 0 spiro atoms. The first-order chi connectivity index (χ1) is 11.3. The van der Waals surface area contributed by atoms with Gasteiger partial charge in [0.05, 0.1) is 18.7 Å². The highest BCUT2D eigenvalue weighted by Gasteiger charge is 2.42. The maximum absolute atomic E-state index is 5.43. The van der Waals surface area contributed by atoms with Crippen LogP contribution in [0.5, 0.6) is 5.75 Å². The Morgan fingerprint density at radius 1 is 1.35 bits per heavy atom. The fraction of sp³-hybridized carbons (Fsp3) is 0.500. The van der Waals surface area contributed by atoms with Crippen LogP contribution in [0.15, 0.2) is 36.0 Å². The molecule has 4 nitrogen and oxygen atoms in total. The smallest absolute Gasteiger partial charge is 0.119 e. The zero-order chi connectivity index (χ0) is 15.6. The molecule has 2 aromatic rings. The molecular weight excluding hydrogens is 306 g/mol. The lowest BCUT2D eigenvalue weighted by atomic mass is 9.99. The maximum Gasteiger partial charge on any atom is 0.119 e. The van der Waals surface area contributed by atoms with Crippen LogP contribution in [0.25, 0.3) is 0 Å². The normalized spacial score (nSPS) is 24.9. The van der Waals surface area contributed by atoms with Gasteiger partial charge in [-0.3, -0.25) is 9.88 Å². The SMILES string of the molecule is COc1cccc(C2C(NCc3cncs3)CCN2C2CC2)c1. The monoisotopic (exact) mass is 329 g/mol. The Morgan fingerprint density at radius 3 is 3.00 bits per heavy atom. The molecule has 5 heteroatoms. The lowest BCUT2D eigenvalue weighted by Crippen LogP contribution is -2.36. The van der Waals surface area contributed by atoms with Gasteiger partial charge in [-0.05, 0) is 37.0 Å². The first kappa shape index (κ1) is 15.1. The van der Waals surface area contributed by atoms with Crippen molar-refractivity contribution in [3.05, 3.63) is 46.4 Å². The van der Waals surface area contributed by atoms with Gasteiger partial charge in [0.15, 0.2) is 0 Å². The highest BCUT2D eigenvalue weighted by atomic mass is 32.1. The van der Waals surface area contributed by atoms with E-state index in [0.717, 1.165) is 18.3 Å². The number of nitrogens with one attached hydrogen (secondary N) is 1. The highest BCUT2D eigenvalue weighted by Crippen LogP contribution is 2.41. The lowest BCUT2D eigenvalue weighted by Gasteiger charge is -2.29. The molecule has 2 heterocycles. The van der Waals surface area contributed by atoms with Gasteiger partial charge < -0.3 is 10.1 Å². The van der Waals surface area contributed by atoms with Gasteiger partial charge in [-0.15, -0.1) is 11.3 Å². The summed E-state index contributed by atoms with van der Waals surface area (Å²) in [4.78, 5) is 8.17. The van der Waals surface area contributed by atoms with E-state index in [2.05, 4.69) is 33.4 Å². The summed E-state index contributed by atoms with van der Waals surface area (Å²) in [6.45, 7) is 2.10. The van der Waals surface area contributed by atoms with E-state index >= 15 is 0 Å². The third kappa shape index (κ3) is 3.27. The Bertz CT molecular complexity index is 641. The second-order valence-electron chi connectivity index (χ2n) is 6.43. The van der Waals surface area contributed by atoms with Gasteiger partial charge in [0.1, 0.15) is 5.75 Å². The largest absolute Gasteiger partial charge is 0.497 e. The molecular formula is C18H23N3OS. The fourth-order valence-corrected chi connectivity index (χ4v) is 4.20. The van der Waals surface area contributed by atoms with E-state index in [9.17, 15) is 0 Å². The second kappa shape index (κ2) is 6.59. The van der Waals surface area contributed by atoms with E-state index in [1.807, 2.05) is 17.8 Å². The van der Waals surface area contributed by atoms with E-state index in [1.54, 1.807) is 18.4 Å². The summed E-state index contributed by atoms with van der Waals surface area (Å²) in [7, 11) is 1.74. The van der Waals surface area contributed by atoms with E-state index in [0.29, 0.717) is 12.1 Å². The van der Waals surface area contributed by atoms with E-state index in [1.165, 1.54) is 36.2 Å². The molecule has 1 aromatic heterocycles. The van der Waals surface area contributed by atoms with Crippen molar-refractivity contribution < 1.29 is 4.74 Å². The molecule has 1 aliphatic heterocycles. The zero-order valence-electron chi connectivity index (χ0n) is 13.4. The van der Waals surface area contributed by atoms with Crippen molar-refractivity contribution in [1.29, 1.82) is 0 Å². The van der Waals surface area contributed by atoms with Crippen LogP contribution in [0, 0.1) is 0 Å². The average Bonchev–Trinajstić information content (AvgIpc) is 3.13. The van der Waals surface area contributed by atoms with Crippen molar-refractivity contribution >= 4 is 11.3 Å². The van der Waals surface area contributed by atoms with E-state index in [-0.39, 0.29) is 0 Å². The number of thiazole rings is 1. The standard InChI is InChI=1S/C18H23N3OS/c1-22-15-4-2-3-13(9-15)18-17(7-8-21(18)14-5-6-14)20-11-16-10-19-12-23-16/h2-4,9-10,12,14,17-18,20H,5-8,11H2,1H3. The summed E-state index contributed by atoms with van der Waals surface area (Å²) in [6, 6.07) is 10.3. The first-order valence-electron chi connectivity index (χ1n) is 8.35. The number of nitrogens with zero attached hydrogens (tertiary/aromatic N) is 2. The number of hydrogen-bond acceptors (Lipinski definition) is 5. The van der Waals surface area contributed by atoms with Crippen molar-refractivity contribution in [1.82, 2.24) is 15.2 Å². The Labute approximate surface area is 141 Å². The molecule has 23 heavy (non-hydrogen) atoms. The highest BCUT2D eigenvalue weighted by molar-refractivity contribution is 7.09. The van der Waals surface area contributed by atoms with Crippen molar-refractivity contribution in [3.63, 3.8) is 0 Å². The average molecular weight is 329 g/mol. The molecule has 1 saturated heterocycles. The van der Waals surface area contributed by atoms with Crippen molar-refractivity contribution in [3.8, 4) is 5.75 Å². The van der Waals surface area contributed by atoms with Crippen LogP contribution < -0.4 is 10.1 Å². The maximum atomic E-state index is 5.43. The molecule has 4 rings (SSSR count). The Kier molecular flexibility index (Phi) is 4.33. The number of likely N-dealkylation sites (tertiary alicyclic amines) is 1. The summed E-state index contributed by atoms with van der Waals surface area (Å²) >= 11 is 1.72. The van der Waals surface area contributed by atoms with Crippen LogP contribution in [0.3, 0.4) is 0 Å². The molecule has 2 fully saturated rings. The number of methoxy groups -OCH3 is 1. The Morgan fingerprint density at radius 2 is 2.26 bits per heavy atom. The molecule has 1 N–H and O–H groups in total. The molecule has 0 amide bonds. The van der Waals surface area contributed by atoms with Crippen molar-refractivity contribution in [2.24, 2.45) is 0 Å². The minimum atomic E-state index is 0.450. The summed E-state index contributed by atoms with van der Waals surface area (Å²) in [5.41, 5.74) is 3.28. The Hall–Kier alpha value is -1.43. The predicted molar refractivity (Wildman–Crippen MR) is 92.8 cm³/mol. The van der Waals surface area contributed by atoms with E-state index in [4.69, 9.17) is 4.74 Å². The van der Waals surface area contributed by atoms with Gasteiger partial charge >= 0.3 is 0 Å². The van der Waals surface area contributed by atoms with Gasteiger partial charge in [0.2, 0.25) is 0 Å². The van der Waals surface area contributed by atoms with Crippen LogP contribution >= 0.6 is 11.3 Å². The van der Waals surface area contributed by atoms with Gasteiger partial charge in [0.25, 0.3) is 0 Å². The van der Waals surface area contributed by atoms with Crippen LogP contribution in [0.4, 0.5) is 0 Å². The second-order valence-corrected chi connectivity index (χ2v) is 7.41. The van der Waals surface area contributed by atoms with Gasteiger partial charge in [-0.25, -0.2) is 0 Å². The summed E-state index contributed by atoms with van der Waals surface area (Å²) in [5, 5.41) is 3.77. The topological polar surface area (TPSA) is 37.4 Å². The number of ether oxygens (including phenoxy) is 1. The number of aromatic nitrogens is 1. The lowest BCUT2D eigenvalue weighted by molar-refractivity contribution is 0.226. The number of hydrogen-bond donors (Lipinski definition) is 1. The Balaban J connectivity index is 1.54. The summed E-state index contributed by atoms with van der Waals surface area (Å²) in [5.74, 6) is 0.950. The molecule has 2 atom stereocenters. The van der Waals surface area contributed by atoms with Crippen LogP contribution in [-0.2, 0) is 6.54 Å². The molecule has 1 aliphatic carbocycles. The van der Waals surface area contributed by atoms with Crippen molar-refractivity contribution in [2.75, 3.05) is 13.7 Å². The van der Waals surface area contributed by atoms with Gasteiger partial charge in [-0.1, -0.05) is 12.1 Å². The van der Waals surface area contributed by atoms with Crippen LogP contribution in [0.2, 0.25) is 0 Å². The van der Waals surface area contributed by atoms with E-state index < -0.39 is 0 Å². The number of benzene rings is 1. The fourth-order valence-electron chi connectivity index (χ4n) is 3.66. The van der Waals surface area contributed by atoms with Gasteiger partial charge in [-0.2, -0.15) is 0 Å². The molecule has 1 aromatic carbocycles. The third-order valence-corrected chi connectivity index (χ3v) is 5.69. The van der Waals surface area contributed by atoms with Crippen LogP contribution in [0.1, 0.15) is 35.7 Å². The first-order valence-corrected chi connectivity index (χ1v) is 9.23. The van der Waals surface area contributed by atoms with Gasteiger partial charge in [0, 0.05) is 36.2 Å². The quantitative estimate of drug-likeness (QED) is 0.883. The molecule has 2 unspecified atom stereocenters. The molecule has 1 saturated carbocycles. The summed E-state index contributed by atoms with van der Waals surface area (Å²) in [6.07, 6.45) is 5.87. The molecule has 0 radical (unpaired) electrons. The minimum absolute atomic E-state index is 0.450. The zero-order valence-corrected chi connectivity index (χ0v) is 14.3. The van der Waals surface area contributed by atoms with Crippen LogP contribution in [-0.4, -0.2) is 35.6 Å². The molecule has 122 valence electrons.